The lowest BCUT2D eigenvalue weighted by Crippen LogP contribution is -2.29. The van der Waals surface area contributed by atoms with Crippen LogP contribution in [0.1, 0.15) is 20.8 Å². The van der Waals surface area contributed by atoms with Crippen LogP contribution < -0.4 is 5.32 Å². The molecule has 1 unspecified atom stereocenters. The minimum Gasteiger partial charge on any atom is -0.395 e. The fourth-order valence-corrected chi connectivity index (χ4v) is 1.28. The molecular formula is C9H19NO2S. The molecule has 0 aliphatic rings. The highest BCUT2D eigenvalue weighted by Crippen LogP contribution is 2.08. The van der Waals surface area contributed by atoms with Gasteiger partial charge >= 0.3 is 0 Å². The van der Waals surface area contributed by atoms with E-state index in [0.717, 1.165) is 6.54 Å². The summed E-state index contributed by atoms with van der Waals surface area (Å²) in [6.07, 6.45) is 0. The Labute approximate surface area is 84.3 Å². The number of carbonyl (C=O) groups excluding carboxylic acids is 1. The molecule has 0 aromatic rings. The Balaban J connectivity index is 3.40. The number of thioether (sulfide) groups is 1. The summed E-state index contributed by atoms with van der Waals surface area (Å²) in [4.78, 5) is 11.2. The smallest absolute Gasteiger partial charge is 0.230 e. The molecule has 0 radical (unpaired) electrons. The Morgan fingerprint density at radius 1 is 1.46 bits per heavy atom. The Morgan fingerprint density at radius 3 is 2.54 bits per heavy atom. The van der Waals surface area contributed by atoms with Crippen LogP contribution in [0.15, 0.2) is 0 Å². The molecule has 78 valence electrons. The second-order valence-corrected chi connectivity index (χ2v) is 4.93. The van der Waals surface area contributed by atoms with Crippen LogP contribution in [0.25, 0.3) is 0 Å². The highest BCUT2D eigenvalue weighted by molar-refractivity contribution is 8.00. The zero-order valence-corrected chi connectivity index (χ0v) is 9.36. The first-order valence-corrected chi connectivity index (χ1v) is 5.60. The summed E-state index contributed by atoms with van der Waals surface area (Å²) in [6, 6.07) is 0. The number of hydrogen-bond acceptors (Lipinski definition) is 3. The molecule has 1 atom stereocenters. The van der Waals surface area contributed by atoms with Crippen LogP contribution >= 0.6 is 11.8 Å². The standard InChI is InChI=1S/C9H19NO2S/c1-7(2)4-10-9(12)6-13-8(3)5-11/h7-8,11H,4-6H2,1-3H3,(H,10,12). The Hall–Kier alpha value is -0.220. The third-order valence-electron chi connectivity index (χ3n) is 1.46. The van der Waals surface area contributed by atoms with Crippen molar-refractivity contribution in [3.63, 3.8) is 0 Å². The van der Waals surface area contributed by atoms with Crippen LogP contribution in [0.5, 0.6) is 0 Å². The molecule has 0 rings (SSSR count). The molecule has 0 saturated heterocycles. The number of hydrogen-bond donors (Lipinski definition) is 2. The zero-order chi connectivity index (χ0) is 10.3. The van der Waals surface area contributed by atoms with Crippen molar-refractivity contribution >= 4 is 17.7 Å². The van der Waals surface area contributed by atoms with E-state index >= 15 is 0 Å². The summed E-state index contributed by atoms with van der Waals surface area (Å²) in [7, 11) is 0. The Kier molecular flexibility index (Phi) is 7.09. The molecule has 0 aromatic heterocycles. The predicted molar refractivity (Wildman–Crippen MR) is 56.9 cm³/mol. The maximum absolute atomic E-state index is 11.2. The molecule has 4 heteroatoms. The first-order chi connectivity index (χ1) is 6.06. The number of nitrogens with one attached hydrogen (secondary N) is 1. The molecular weight excluding hydrogens is 186 g/mol. The second-order valence-electron chi connectivity index (χ2n) is 3.50. The van der Waals surface area contributed by atoms with Crippen molar-refractivity contribution in [2.45, 2.75) is 26.0 Å². The van der Waals surface area contributed by atoms with E-state index in [1.807, 2.05) is 6.92 Å². The van der Waals surface area contributed by atoms with Crippen molar-refractivity contribution in [2.24, 2.45) is 5.92 Å². The minimum absolute atomic E-state index is 0.0546. The molecule has 0 saturated carbocycles. The van der Waals surface area contributed by atoms with Crippen LogP contribution in [0, 0.1) is 5.92 Å². The third kappa shape index (κ3) is 8.12. The maximum atomic E-state index is 11.2. The molecule has 0 aromatic carbocycles. The summed E-state index contributed by atoms with van der Waals surface area (Å²) in [6.45, 7) is 6.88. The van der Waals surface area contributed by atoms with E-state index in [1.54, 1.807) is 0 Å². The van der Waals surface area contributed by atoms with Crippen molar-refractivity contribution in [3.8, 4) is 0 Å². The molecule has 3 nitrogen and oxygen atoms in total. The lowest BCUT2D eigenvalue weighted by Gasteiger charge is -2.09. The van der Waals surface area contributed by atoms with Gasteiger partial charge in [-0.3, -0.25) is 4.79 Å². The van der Waals surface area contributed by atoms with Gasteiger partial charge in [0.1, 0.15) is 0 Å². The van der Waals surface area contributed by atoms with Gasteiger partial charge in [-0.1, -0.05) is 20.8 Å². The normalized spacial score (nSPS) is 13.0. The van der Waals surface area contributed by atoms with Crippen molar-refractivity contribution in [1.82, 2.24) is 5.32 Å². The van der Waals surface area contributed by atoms with Gasteiger partial charge in [0.25, 0.3) is 0 Å². The summed E-state index contributed by atoms with van der Waals surface area (Å²) in [5, 5.41) is 11.7. The number of aliphatic hydroxyl groups is 1. The van der Waals surface area contributed by atoms with Gasteiger partial charge < -0.3 is 10.4 Å². The van der Waals surface area contributed by atoms with Gasteiger partial charge in [0.2, 0.25) is 5.91 Å². The van der Waals surface area contributed by atoms with E-state index in [1.165, 1.54) is 11.8 Å². The number of amides is 1. The first-order valence-electron chi connectivity index (χ1n) is 4.55. The molecule has 0 fully saturated rings. The van der Waals surface area contributed by atoms with E-state index in [0.29, 0.717) is 11.7 Å². The monoisotopic (exact) mass is 205 g/mol. The van der Waals surface area contributed by atoms with Gasteiger partial charge in [0.15, 0.2) is 0 Å². The molecule has 0 spiro atoms. The molecule has 0 bridgehead atoms. The average Bonchev–Trinajstić information content (AvgIpc) is 2.10. The SMILES string of the molecule is CC(C)CNC(=O)CSC(C)CO. The average molecular weight is 205 g/mol. The summed E-state index contributed by atoms with van der Waals surface area (Å²) in [5.41, 5.74) is 0. The lowest BCUT2D eigenvalue weighted by molar-refractivity contribution is -0.118. The zero-order valence-electron chi connectivity index (χ0n) is 8.54. The predicted octanol–water partition coefficient (Wildman–Crippen LogP) is 0.873. The molecule has 0 aliphatic heterocycles. The van der Waals surface area contributed by atoms with Gasteiger partial charge in [-0.25, -0.2) is 0 Å². The van der Waals surface area contributed by atoms with E-state index in [4.69, 9.17) is 5.11 Å². The van der Waals surface area contributed by atoms with Crippen LogP contribution in [0.3, 0.4) is 0 Å². The van der Waals surface area contributed by atoms with Crippen molar-refractivity contribution < 1.29 is 9.90 Å². The van der Waals surface area contributed by atoms with Crippen LogP contribution in [-0.4, -0.2) is 35.2 Å². The van der Waals surface area contributed by atoms with E-state index in [-0.39, 0.29) is 17.8 Å². The minimum atomic E-state index is 0.0546. The number of rotatable bonds is 6. The largest absolute Gasteiger partial charge is 0.395 e. The third-order valence-corrected chi connectivity index (χ3v) is 2.61. The molecule has 13 heavy (non-hydrogen) atoms. The van der Waals surface area contributed by atoms with Gasteiger partial charge in [-0.2, -0.15) is 0 Å². The summed E-state index contributed by atoms with van der Waals surface area (Å²) < 4.78 is 0. The Morgan fingerprint density at radius 2 is 2.08 bits per heavy atom. The van der Waals surface area contributed by atoms with Gasteiger partial charge in [0, 0.05) is 11.8 Å². The van der Waals surface area contributed by atoms with E-state index in [9.17, 15) is 4.79 Å². The highest BCUT2D eigenvalue weighted by Gasteiger charge is 2.05. The van der Waals surface area contributed by atoms with Crippen LogP contribution in [0.2, 0.25) is 0 Å². The molecule has 2 N–H and O–H groups in total. The van der Waals surface area contributed by atoms with E-state index in [2.05, 4.69) is 19.2 Å². The van der Waals surface area contributed by atoms with Gasteiger partial charge in [-0.05, 0) is 5.92 Å². The number of aliphatic hydroxyl groups excluding tert-OH is 1. The van der Waals surface area contributed by atoms with Crippen LogP contribution in [-0.2, 0) is 4.79 Å². The van der Waals surface area contributed by atoms with E-state index < -0.39 is 0 Å². The first kappa shape index (κ1) is 12.8. The molecule has 0 aliphatic carbocycles. The topological polar surface area (TPSA) is 49.3 Å². The molecule has 1 amide bonds. The molecule has 0 heterocycles. The summed E-state index contributed by atoms with van der Waals surface area (Å²) >= 11 is 1.47. The van der Waals surface area contributed by atoms with Gasteiger partial charge in [0.05, 0.1) is 12.4 Å². The maximum Gasteiger partial charge on any atom is 0.230 e. The second kappa shape index (κ2) is 7.21. The van der Waals surface area contributed by atoms with Crippen LogP contribution in [0.4, 0.5) is 0 Å². The highest BCUT2D eigenvalue weighted by atomic mass is 32.2. The van der Waals surface area contributed by atoms with Crippen molar-refractivity contribution in [1.29, 1.82) is 0 Å². The van der Waals surface area contributed by atoms with Gasteiger partial charge in [-0.15, -0.1) is 11.8 Å². The Bertz CT molecular complexity index is 151. The quantitative estimate of drug-likeness (QED) is 0.676. The fraction of sp³-hybridized carbons (Fsp3) is 0.889. The fourth-order valence-electron chi connectivity index (χ4n) is 0.640. The lowest BCUT2D eigenvalue weighted by atomic mass is 10.2. The van der Waals surface area contributed by atoms with Crippen molar-refractivity contribution in [2.75, 3.05) is 18.9 Å². The number of carbonyl (C=O) groups is 1. The summed E-state index contributed by atoms with van der Waals surface area (Å²) in [5.74, 6) is 0.984. The van der Waals surface area contributed by atoms with Crippen molar-refractivity contribution in [3.05, 3.63) is 0 Å².